The third-order valence-electron chi connectivity index (χ3n) is 3.45. The molecule has 2 unspecified atom stereocenters. The van der Waals surface area contributed by atoms with Crippen LogP contribution in [0, 0.1) is 10.8 Å². The van der Waals surface area contributed by atoms with Gasteiger partial charge in [-0.05, 0) is 48.4 Å². The van der Waals surface area contributed by atoms with Crippen molar-refractivity contribution in [3.05, 3.63) is 44.3 Å². The largest absolute Gasteiger partial charge is 0.150 e. The molecular weight excluding hydrogens is 269 g/mol. The van der Waals surface area contributed by atoms with E-state index in [1.54, 1.807) is 6.07 Å². The second-order valence-corrected chi connectivity index (χ2v) is 5.63. The summed E-state index contributed by atoms with van der Waals surface area (Å²) in [6.45, 7) is 2.08. The minimum atomic E-state index is -0.201. The number of halogens is 2. The summed E-state index contributed by atoms with van der Waals surface area (Å²) in [5.74, 6) is 0.324. The number of nitroso groups, excluding NO2 is 1. The lowest BCUT2D eigenvalue weighted by molar-refractivity contribution is 0.402. The van der Waals surface area contributed by atoms with E-state index < -0.39 is 0 Å². The van der Waals surface area contributed by atoms with Crippen LogP contribution in [0.1, 0.15) is 31.7 Å². The lowest BCUT2D eigenvalue weighted by Crippen LogP contribution is -2.22. The minimum absolute atomic E-state index is 0.201. The fourth-order valence-corrected chi connectivity index (χ4v) is 2.75. The molecule has 0 heterocycles. The quantitative estimate of drug-likeness (QED) is 0.675. The van der Waals surface area contributed by atoms with Gasteiger partial charge in [0.15, 0.2) is 0 Å². The number of hydrogen-bond acceptors (Lipinski definition) is 2. The molecule has 0 spiro atoms. The van der Waals surface area contributed by atoms with Crippen molar-refractivity contribution in [3.63, 3.8) is 0 Å². The molecular formula is C14H15Cl2NO. The van der Waals surface area contributed by atoms with E-state index in [-0.39, 0.29) is 6.04 Å². The van der Waals surface area contributed by atoms with Gasteiger partial charge in [-0.1, -0.05) is 47.4 Å². The van der Waals surface area contributed by atoms with Gasteiger partial charge in [0.05, 0.1) is 10.0 Å². The molecule has 2 atom stereocenters. The van der Waals surface area contributed by atoms with Crippen LogP contribution >= 0.6 is 23.2 Å². The van der Waals surface area contributed by atoms with Crippen LogP contribution in [0.5, 0.6) is 0 Å². The van der Waals surface area contributed by atoms with Gasteiger partial charge >= 0.3 is 0 Å². The van der Waals surface area contributed by atoms with Crippen molar-refractivity contribution in [2.75, 3.05) is 0 Å². The van der Waals surface area contributed by atoms with Crippen LogP contribution in [0.3, 0.4) is 0 Å². The molecule has 1 aromatic rings. The third-order valence-corrected chi connectivity index (χ3v) is 4.19. The fourth-order valence-electron chi connectivity index (χ4n) is 2.44. The van der Waals surface area contributed by atoms with Gasteiger partial charge in [-0.15, -0.1) is 0 Å². The Morgan fingerprint density at radius 3 is 2.78 bits per heavy atom. The molecule has 96 valence electrons. The number of benzene rings is 1. The van der Waals surface area contributed by atoms with Crippen molar-refractivity contribution in [3.8, 4) is 0 Å². The van der Waals surface area contributed by atoms with Gasteiger partial charge in [0.25, 0.3) is 0 Å². The Labute approximate surface area is 117 Å². The Morgan fingerprint density at radius 1 is 1.33 bits per heavy atom. The first kappa shape index (κ1) is 13.6. The molecule has 18 heavy (non-hydrogen) atoms. The first-order valence-electron chi connectivity index (χ1n) is 6.10. The molecule has 4 heteroatoms. The molecule has 0 saturated heterocycles. The highest BCUT2D eigenvalue weighted by Gasteiger charge is 2.26. The summed E-state index contributed by atoms with van der Waals surface area (Å²) < 4.78 is 0. The predicted molar refractivity (Wildman–Crippen MR) is 77.0 cm³/mol. The standard InChI is InChI=1S/C14H15Cl2NO/c1-9-3-2-4-11(14(9)17-18)7-10-5-6-12(15)13(16)8-10/h5-9,14H,2-4H2,1H3. The molecule has 1 aromatic carbocycles. The topological polar surface area (TPSA) is 29.4 Å². The van der Waals surface area contributed by atoms with Crippen molar-refractivity contribution in [1.82, 2.24) is 0 Å². The van der Waals surface area contributed by atoms with E-state index in [2.05, 4.69) is 12.1 Å². The minimum Gasteiger partial charge on any atom is -0.150 e. The molecule has 1 fully saturated rings. The molecule has 2 rings (SSSR count). The summed E-state index contributed by atoms with van der Waals surface area (Å²) in [7, 11) is 0. The first-order valence-corrected chi connectivity index (χ1v) is 6.85. The zero-order valence-corrected chi connectivity index (χ0v) is 11.7. The molecule has 0 amide bonds. The van der Waals surface area contributed by atoms with E-state index in [1.165, 1.54) is 0 Å². The molecule has 1 saturated carbocycles. The summed E-state index contributed by atoms with van der Waals surface area (Å²) >= 11 is 11.9. The molecule has 0 aliphatic heterocycles. The lowest BCUT2D eigenvalue weighted by atomic mass is 9.82. The molecule has 1 aliphatic rings. The van der Waals surface area contributed by atoms with Crippen LogP contribution in [0.15, 0.2) is 28.9 Å². The van der Waals surface area contributed by atoms with Gasteiger partial charge in [-0.3, -0.25) is 0 Å². The number of hydrogen-bond donors (Lipinski definition) is 0. The highest BCUT2D eigenvalue weighted by molar-refractivity contribution is 6.42. The Kier molecular flexibility index (Phi) is 4.41. The molecule has 1 aliphatic carbocycles. The van der Waals surface area contributed by atoms with Crippen LogP contribution in [-0.2, 0) is 0 Å². The normalized spacial score (nSPS) is 26.3. The molecule has 2 nitrogen and oxygen atoms in total. The maximum absolute atomic E-state index is 11.0. The van der Waals surface area contributed by atoms with E-state index in [1.807, 2.05) is 18.2 Å². The highest BCUT2D eigenvalue weighted by atomic mass is 35.5. The van der Waals surface area contributed by atoms with E-state index in [9.17, 15) is 4.91 Å². The second kappa shape index (κ2) is 5.85. The highest BCUT2D eigenvalue weighted by Crippen LogP contribution is 2.33. The van der Waals surface area contributed by atoms with Gasteiger partial charge in [0, 0.05) is 0 Å². The SMILES string of the molecule is CC1CCCC(=Cc2ccc(Cl)c(Cl)c2)C1N=O. The molecule has 0 radical (unpaired) electrons. The van der Waals surface area contributed by atoms with E-state index >= 15 is 0 Å². The zero-order chi connectivity index (χ0) is 13.1. The third kappa shape index (κ3) is 2.93. The monoisotopic (exact) mass is 283 g/mol. The van der Waals surface area contributed by atoms with Crippen molar-refractivity contribution in [1.29, 1.82) is 0 Å². The zero-order valence-electron chi connectivity index (χ0n) is 10.2. The Balaban J connectivity index is 2.30. The number of nitrogens with zero attached hydrogens (tertiary/aromatic N) is 1. The maximum atomic E-state index is 11.0. The molecule has 0 N–H and O–H groups in total. The van der Waals surface area contributed by atoms with E-state index in [0.29, 0.717) is 16.0 Å². The van der Waals surface area contributed by atoms with E-state index in [0.717, 1.165) is 30.4 Å². The summed E-state index contributed by atoms with van der Waals surface area (Å²) in [4.78, 5) is 11.0. The summed E-state index contributed by atoms with van der Waals surface area (Å²) in [5.41, 5.74) is 2.07. The van der Waals surface area contributed by atoms with Gasteiger partial charge in [-0.25, -0.2) is 0 Å². The first-order chi connectivity index (χ1) is 8.61. The van der Waals surface area contributed by atoms with Crippen LogP contribution < -0.4 is 0 Å². The summed E-state index contributed by atoms with van der Waals surface area (Å²) in [6, 6.07) is 5.29. The second-order valence-electron chi connectivity index (χ2n) is 4.81. The van der Waals surface area contributed by atoms with Crippen LogP contribution in [-0.4, -0.2) is 6.04 Å². The molecule has 0 aromatic heterocycles. The Morgan fingerprint density at radius 2 is 2.11 bits per heavy atom. The van der Waals surface area contributed by atoms with Crippen LogP contribution in [0.4, 0.5) is 0 Å². The van der Waals surface area contributed by atoms with Crippen molar-refractivity contribution < 1.29 is 0 Å². The van der Waals surface area contributed by atoms with Crippen molar-refractivity contribution >= 4 is 29.3 Å². The van der Waals surface area contributed by atoms with Crippen LogP contribution in [0.2, 0.25) is 10.0 Å². The van der Waals surface area contributed by atoms with Crippen molar-refractivity contribution in [2.24, 2.45) is 11.1 Å². The van der Waals surface area contributed by atoms with Gasteiger partial charge in [0.2, 0.25) is 0 Å². The molecule has 0 bridgehead atoms. The van der Waals surface area contributed by atoms with Crippen molar-refractivity contribution in [2.45, 2.75) is 32.2 Å². The average Bonchev–Trinajstić information content (AvgIpc) is 2.34. The fraction of sp³-hybridized carbons (Fsp3) is 0.429. The average molecular weight is 284 g/mol. The van der Waals surface area contributed by atoms with Gasteiger partial charge < -0.3 is 0 Å². The van der Waals surface area contributed by atoms with E-state index in [4.69, 9.17) is 23.2 Å². The Hall–Kier alpha value is -0.860. The van der Waals surface area contributed by atoms with Gasteiger partial charge in [0.1, 0.15) is 6.04 Å². The Bertz CT molecular complexity index is 485. The van der Waals surface area contributed by atoms with Gasteiger partial charge in [-0.2, -0.15) is 4.91 Å². The van der Waals surface area contributed by atoms with Crippen LogP contribution in [0.25, 0.3) is 6.08 Å². The number of rotatable bonds is 2. The smallest absolute Gasteiger partial charge is 0.116 e. The summed E-state index contributed by atoms with van der Waals surface area (Å²) in [5, 5.41) is 4.34. The summed E-state index contributed by atoms with van der Waals surface area (Å²) in [6.07, 6.45) is 5.13. The predicted octanol–water partition coefficient (Wildman–Crippen LogP) is 5.33. The lowest BCUT2D eigenvalue weighted by Gasteiger charge is -2.26. The maximum Gasteiger partial charge on any atom is 0.116 e.